The predicted molar refractivity (Wildman–Crippen MR) is 59.3 cm³/mol. The van der Waals surface area contributed by atoms with Crippen LogP contribution in [0.25, 0.3) is 0 Å². The second kappa shape index (κ2) is 4.60. The zero-order chi connectivity index (χ0) is 9.86. The number of nitrogens with zero attached hydrogens (tertiary/aromatic N) is 1. The van der Waals surface area contributed by atoms with Gasteiger partial charge in [-0.2, -0.15) is 0 Å². The number of piperidine rings is 2. The molecule has 0 amide bonds. The van der Waals surface area contributed by atoms with E-state index in [1.165, 1.54) is 51.9 Å². The van der Waals surface area contributed by atoms with Crippen molar-refractivity contribution in [3.63, 3.8) is 0 Å². The molecule has 3 heteroatoms. The second-order valence-corrected chi connectivity index (χ2v) is 4.88. The Labute approximate surface area is 87.0 Å². The van der Waals surface area contributed by atoms with E-state index in [4.69, 9.17) is 5.73 Å². The monoisotopic (exact) mass is 197 g/mol. The van der Waals surface area contributed by atoms with Crippen molar-refractivity contribution in [1.29, 1.82) is 0 Å². The van der Waals surface area contributed by atoms with Crippen LogP contribution in [0, 0.1) is 5.41 Å². The Morgan fingerprint density at radius 1 is 1.07 bits per heavy atom. The van der Waals surface area contributed by atoms with Crippen molar-refractivity contribution in [1.82, 2.24) is 10.2 Å². The lowest BCUT2D eigenvalue weighted by molar-refractivity contribution is 0.0757. The van der Waals surface area contributed by atoms with Gasteiger partial charge in [-0.3, -0.25) is 0 Å². The maximum atomic E-state index is 5.58. The number of nitrogens with one attached hydrogen (secondary N) is 1. The summed E-state index contributed by atoms with van der Waals surface area (Å²) in [5.74, 6) is 0. The van der Waals surface area contributed by atoms with E-state index in [0.717, 1.165) is 13.1 Å². The van der Waals surface area contributed by atoms with Crippen molar-refractivity contribution in [2.24, 2.45) is 11.1 Å². The first-order valence-electron chi connectivity index (χ1n) is 5.98. The quantitative estimate of drug-likeness (QED) is 0.674. The van der Waals surface area contributed by atoms with Crippen LogP contribution in [0.4, 0.5) is 0 Å². The fourth-order valence-corrected chi connectivity index (χ4v) is 2.89. The number of hydrogen-bond acceptors (Lipinski definition) is 3. The summed E-state index contributed by atoms with van der Waals surface area (Å²) in [6, 6.07) is 0. The van der Waals surface area contributed by atoms with Crippen molar-refractivity contribution in [3.8, 4) is 0 Å². The highest BCUT2D eigenvalue weighted by Crippen LogP contribution is 2.39. The molecule has 0 aromatic rings. The van der Waals surface area contributed by atoms with E-state index in [-0.39, 0.29) is 0 Å². The molecule has 0 radical (unpaired) electrons. The van der Waals surface area contributed by atoms with Crippen LogP contribution in [0.3, 0.4) is 0 Å². The number of rotatable bonds is 2. The molecule has 2 heterocycles. The lowest BCUT2D eigenvalue weighted by Gasteiger charge is -2.44. The Kier molecular flexibility index (Phi) is 3.42. The van der Waals surface area contributed by atoms with E-state index in [2.05, 4.69) is 10.2 Å². The van der Waals surface area contributed by atoms with Crippen LogP contribution in [0.1, 0.15) is 25.7 Å². The molecule has 0 aromatic carbocycles. The Balaban J connectivity index is 1.81. The molecular formula is C11H23N3. The summed E-state index contributed by atoms with van der Waals surface area (Å²) in [4.78, 5) is 2.52. The average molecular weight is 197 g/mol. The summed E-state index contributed by atoms with van der Waals surface area (Å²) < 4.78 is 0. The summed E-state index contributed by atoms with van der Waals surface area (Å²) in [7, 11) is 0. The molecule has 2 saturated heterocycles. The first kappa shape index (κ1) is 10.4. The second-order valence-electron chi connectivity index (χ2n) is 4.88. The molecule has 2 fully saturated rings. The Bertz CT molecular complexity index is 165. The van der Waals surface area contributed by atoms with Gasteiger partial charge in [0.05, 0.1) is 0 Å². The van der Waals surface area contributed by atoms with Crippen molar-refractivity contribution >= 4 is 0 Å². The van der Waals surface area contributed by atoms with Gasteiger partial charge in [0.2, 0.25) is 0 Å². The molecule has 2 aliphatic heterocycles. The minimum atomic E-state index is 0.691. The molecule has 14 heavy (non-hydrogen) atoms. The van der Waals surface area contributed by atoms with Crippen LogP contribution >= 0.6 is 0 Å². The van der Waals surface area contributed by atoms with E-state index >= 15 is 0 Å². The first-order chi connectivity index (χ1) is 6.85. The van der Waals surface area contributed by atoms with Gasteiger partial charge < -0.3 is 16.0 Å². The minimum absolute atomic E-state index is 0.691. The summed E-state index contributed by atoms with van der Waals surface area (Å²) in [5, 5.41) is 3.46. The first-order valence-corrected chi connectivity index (χ1v) is 5.98. The Morgan fingerprint density at radius 2 is 1.71 bits per heavy atom. The van der Waals surface area contributed by atoms with Crippen molar-refractivity contribution in [2.75, 3.05) is 39.3 Å². The highest BCUT2D eigenvalue weighted by molar-refractivity contribution is 4.89. The van der Waals surface area contributed by atoms with Gasteiger partial charge in [0, 0.05) is 13.1 Å². The maximum absolute atomic E-state index is 5.58. The molecular weight excluding hydrogens is 174 g/mol. The molecule has 3 nitrogen and oxygen atoms in total. The van der Waals surface area contributed by atoms with Gasteiger partial charge in [0.15, 0.2) is 0 Å². The Hall–Kier alpha value is -0.120. The van der Waals surface area contributed by atoms with Gasteiger partial charge in [-0.05, 0) is 57.3 Å². The molecule has 0 atom stereocenters. The van der Waals surface area contributed by atoms with Crippen LogP contribution in [-0.4, -0.2) is 44.2 Å². The summed E-state index contributed by atoms with van der Waals surface area (Å²) in [6.07, 6.45) is 5.58. The van der Waals surface area contributed by atoms with Gasteiger partial charge >= 0.3 is 0 Å². The molecule has 0 aromatic heterocycles. The number of hydrogen-bond donors (Lipinski definition) is 2. The van der Waals surface area contributed by atoms with Gasteiger partial charge in [-0.1, -0.05) is 0 Å². The molecule has 0 aliphatic carbocycles. The zero-order valence-electron chi connectivity index (χ0n) is 9.10. The van der Waals surface area contributed by atoms with Crippen LogP contribution in [0.15, 0.2) is 0 Å². The SMILES string of the molecule is NCCN1CCC2(CCNCC2)CC1. The standard InChI is InChI=1S/C11H23N3/c12-5-10-14-8-3-11(4-9-14)1-6-13-7-2-11/h13H,1-10,12H2. The fraction of sp³-hybridized carbons (Fsp3) is 1.00. The van der Waals surface area contributed by atoms with Crippen LogP contribution in [0.2, 0.25) is 0 Å². The van der Waals surface area contributed by atoms with Crippen LogP contribution in [0.5, 0.6) is 0 Å². The largest absolute Gasteiger partial charge is 0.329 e. The summed E-state index contributed by atoms with van der Waals surface area (Å²) >= 11 is 0. The normalized spacial score (nSPS) is 28.1. The number of likely N-dealkylation sites (tertiary alicyclic amines) is 1. The third-order valence-electron chi connectivity index (χ3n) is 4.03. The third-order valence-corrected chi connectivity index (χ3v) is 4.03. The highest BCUT2D eigenvalue weighted by Gasteiger charge is 2.34. The number of nitrogens with two attached hydrogens (primary N) is 1. The van der Waals surface area contributed by atoms with E-state index in [1.807, 2.05) is 0 Å². The smallest absolute Gasteiger partial charge is 0.0105 e. The van der Waals surface area contributed by atoms with Crippen molar-refractivity contribution in [3.05, 3.63) is 0 Å². The fourth-order valence-electron chi connectivity index (χ4n) is 2.89. The maximum Gasteiger partial charge on any atom is 0.0105 e. The van der Waals surface area contributed by atoms with Gasteiger partial charge in [0.25, 0.3) is 0 Å². The lowest BCUT2D eigenvalue weighted by Crippen LogP contribution is -2.46. The third kappa shape index (κ3) is 2.27. The van der Waals surface area contributed by atoms with Crippen LogP contribution in [-0.2, 0) is 0 Å². The molecule has 0 bridgehead atoms. The molecule has 2 rings (SSSR count). The van der Waals surface area contributed by atoms with Gasteiger partial charge in [-0.15, -0.1) is 0 Å². The minimum Gasteiger partial charge on any atom is -0.329 e. The van der Waals surface area contributed by atoms with Crippen LogP contribution < -0.4 is 11.1 Å². The van der Waals surface area contributed by atoms with Crippen molar-refractivity contribution in [2.45, 2.75) is 25.7 Å². The zero-order valence-corrected chi connectivity index (χ0v) is 9.10. The molecule has 1 spiro atoms. The molecule has 82 valence electrons. The van der Waals surface area contributed by atoms with Gasteiger partial charge in [0.1, 0.15) is 0 Å². The van der Waals surface area contributed by atoms with Gasteiger partial charge in [-0.25, -0.2) is 0 Å². The highest BCUT2D eigenvalue weighted by atomic mass is 15.1. The molecule has 3 N–H and O–H groups in total. The average Bonchev–Trinajstić information content (AvgIpc) is 2.24. The predicted octanol–water partition coefficient (Wildman–Crippen LogP) is 0.411. The van der Waals surface area contributed by atoms with E-state index in [1.54, 1.807) is 0 Å². The van der Waals surface area contributed by atoms with E-state index < -0.39 is 0 Å². The van der Waals surface area contributed by atoms with Crippen molar-refractivity contribution < 1.29 is 0 Å². The van der Waals surface area contributed by atoms with E-state index in [0.29, 0.717) is 5.41 Å². The van der Waals surface area contributed by atoms with E-state index in [9.17, 15) is 0 Å². The Morgan fingerprint density at radius 3 is 2.29 bits per heavy atom. The lowest BCUT2D eigenvalue weighted by atomic mass is 9.71. The molecule has 0 saturated carbocycles. The summed E-state index contributed by atoms with van der Waals surface area (Å²) in [5.41, 5.74) is 6.27. The summed E-state index contributed by atoms with van der Waals surface area (Å²) in [6.45, 7) is 6.92. The molecule has 0 unspecified atom stereocenters. The molecule has 2 aliphatic rings. The topological polar surface area (TPSA) is 41.3 Å².